The van der Waals surface area contributed by atoms with Crippen molar-refractivity contribution in [3.05, 3.63) is 60.2 Å². The molecule has 0 spiro atoms. The minimum absolute atomic E-state index is 0.0123. The molecule has 16 heteroatoms. The van der Waals surface area contributed by atoms with Crippen molar-refractivity contribution in [2.75, 3.05) is 12.4 Å². The molecule has 0 aliphatic carbocycles. The van der Waals surface area contributed by atoms with Gasteiger partial charge in [-0.1, -0.05) is 30.3 Å². The standard InChI is InChI=1S/C24H27F3N4O7S2/c1-23(2)19(31(14-39-23)40(36,37)17-6-4-3-5-7-17)20(32)30-18(21(33)34)13-29-22(35)28-12-15-8-10-16(11-9-15)38-24(25,26)27/h3-11,18-19H,12-14H2,1-2H3,(H,30,32)(H,33,34)(H2,28,29,35). The van der Waals surface area contributed by atoms with Crippen molar-refractivity contribution in [3.63, 3.8) is 0 Å². The number of aliphatic carboxylic acids is 1. The van der Waals surface area contributed by atoms with Gasteiger partial charge in [-0.15, -0.1) is 24.9 Å². The molecule has 2 atom stereocenters. The maximum atomic E-state index is 13.2. The van der Waals surface area contributed by atoms with Gasteiger partial charge in [0.2, 0.25) is 15.9 Å². The molecule has 1 saturated heterocycles. The molecule has 4 N–H and O–H groups in total. The van der Waals surface area contributed by atoms with Crippen molar-refractivity contribution in [2.24, 2.45) is 0 Å². The van der Waals surface area contributed by atoms with Crippen molar-refractivity contribution < 1.29 is 45.8 Å². The van der Waals surface area contributed by atoms with Crippen LogP contribution >= 0.6 is 11.8 Å². The van der Waals surface area contributed by atoms with Gasteiger partial charge in [-0.3, -0.25) is 4.79 Å². The predicted octanol–water partition coefficient (Wildman–Crippen LogP) is 2.50. The second-order valence-corrected chi connectivity index (χ2v) is 12.6. The van der Waals surface area contributed by atoms with Crippen molar-refractivity contribution >= 4 is 39.7 Å². The van der Waals surface area contributed by atoms with Crippen molar-refractivity contribution in [1.29, 1.82) is 0 Å². The summed E-state index contributed by atoms with van der Waals surface area (Å²) >= 11 is 1.22. The van der Waals surface area contributed by atoms with Crippen LogP contribution in [0.25, 0.3) is 0 Å². The van der Waals surface area contributed by atoms with Gasteiger partial charge in [0.1, 0.15) is 17.8 Å². The van der Waals surface area contributed by atoms with Gasteiger partial charge in [-0.25, -0.2) is 18.0 Å². The Morgan fingerprint density at radius 1 is 1.10 bits per heavy atom. The Kier molecular flexibility index (Phi) is 9.58. The van der Waals surface area contributed by atoms with Gasteiger partial charge in [0, 0.05) is 11.3 Å². The monoisotopic (exact) mass is 604 g/mol. The molecule has 0 radical (unpaired) electrons. The maximum Gasteiger partial charge on any atom is 0.573 e. The molecule has 0 aromatic heterocycles. The van der Waals surface area contributed by atoms with Crippen LogP contribution in [0.5, 0.6) is 5.75 Å². The third-order valence-electron chi connectivity index (χ3n) is 5.80. The van der Waals surface area contributed by atoms with E-state index in [4.69, 9.17) is 0 Å². The number of thioether (sulfide) groups is 1. The van der Waals surface area contributed by atoms with Gasteiger partial charge in [0.05, 0.1) is 17.3 Å². The Hall–Kier alpha value is -3.50. The van der Waals surface area contributed by atoms with Crippen LogP contribution in [-0.2, 0) is 26.2 Å². The third-order valence-corrected chi connectivity index (χ3v) is 9.16. The highest BCUT2D eigenvalue weighted by molar-refractivity contribution is 8.02. The van der Waals surface area contributed by atoms with Gasteiger partial charge in [0.25, 0.3) is 0 Å². The molecule has 1 aliphatic heterocycles. The number of alkyl halides is 3. The number of hydrogen-bond donors (Lipinski definition) is 4. The zero-order chi connectivity index (χ0) is 29.7. The van der Waals surface area contributed by atoms with E-state index in [1.54, 1.807) is 32.0 Å². The second-order valence-electron chi connectivity index (χ2n) is 9.14. The summed E-state index contributed by atoms with van der Waals surface area (Å²) < 4.78 is 67.2. The zero-order valence-electron chi connectivity index (χ0n) is 21.3. The fourth-order valence-electron chi connectivity index (χ4n) is 3.81. The van der Waals surface area contributed by atoms with Crippen molar-refractivity contribution in [3.8, 4) is 5.75 Å². The largest absolute Gasteiger partial charge is 0.573 e. The Morgan fingerprint density at radius 3 is 2.30 bits per heavy atom. The summed E-state index contributed by atoms with van der Waals surface area (Å²) in [6.07, 6.45) is -4.84. The molecule has 2 aromatic rings. The van der Waals surface area contributed by atoms with Crippen LogP contribution in [0.2, 0.25) is 0 Å². The minimum Gasteiger partial charge on any atom is -0.480 e. The topological polar surface area (TPSA) is 154 Å². The van der Waals surface area contributed by atoms with Gasteiger partial charge in [-0.05, 0) is 43.7 Å². The number of carboxylic acids is 1. The summed E-state index contributed by atoms with van der Waals surface area (Å²) in [5, 5.41) is 16.6. The van der Waals surface area contributed by atoms with Crippen LogP contribution in [0, 0.1) is 0 Å². The Morgan fingerprint density at radius 2 is 1.73 bits per heavy atom. The normalized spacial score (nSPS) is 18.0. The summed E-state index contributed by atoms with van der Waals surface area (Å²) in [4.78, 5) is 37.2. The molecule has 218 valence electrons. The number of hydrogen-bond acceptors (Lipinski definition) is 7. The van der Waals surface area contributed by atoms with Gasteiger partial charge in [0.15, 0.2) is 0 Å². The molecule has 11 nitrogen and oxygen atoms in total. The van der Waals surface area contributed by atoms with Crippen LogP contribution < -0.4 is 20.7 Å². The highest BCUT2D eigenvalue weighted by atomic mass is 32.2. The van der Waals surface area contributed by atoms with E-state index in [1.807, 2.05) is 0 Å². The smallest absolute Gasteiger partial charge is 0.480 e. The van der Waals surface area contributed by atoms with E-state index < -0.39 is 63.4 Å². The fourth-order valence-corrected chi connectivity index (χ4v) is 7.00. The zero-order valence-corrected chi connectivity index (χ0v) is 22.9. The Labute approximate surface area is 232 Å². The average Bonchev–Trinajstić information content (AvgIpc) is 3.21. The molecule has 40 heavy (non-hydrogen) atoms. The molecule has 0 saturated carbocycles. The first-order chi connectivity index (χ1) is 18.6. The summed E-state index contributed by atoms with van der Waals surface area (Å²) in [6.45, 7) is 2.72. The molecule has 1 aliphatic rings. The third kappa shape index (κ3) is 8.02. The van der Waals surface area contributed by atoms with E-state index in [0.29, 0.717) is 5.56 Å². The molecule has 1 fully saturated rings. The number of carboxylic acid groups (broad SMARTS) is 1. The van der Waals surface area contributed by atoms with E-state index in [2.05, 4.69) is 20.7 Å². The van der Waals surface area contributed by atoms with Crippen molar-refractivity contribution in [2.45, 2.75) is 48.5 Å². The summed E-state index contributed by atoms with van der Waals surface area (Å²) in [7, 11) is -4.07. The fraction of sp³-hybridized carbons (Fsp3) is 0.375. The molecule has 2 unspecified atom stereocenters. The summed E-state index contributed by atoms with van der Waals surface area (Å²) in [6, 6.07) is 8.66. The SMILES string of the molecule is CC1(C)SCN(S(=O)(=O)c2ccccc2)C1C(=O)NC(CNC(=O)NCc1ccc(OC(F)(F)F)cc1)C(=O)O. The van der Waals surface area contributed by atoms with Gasteiger partial charge in [-0.2, -0.15) is 4.31 Å². The predicted molar refractivity (Wildman–Crippen MR) is 139 cm³/mol. The van der Waals surface area contributed by atoms with E-state index in [9.17, 15) is 41.1 Å². The van der Waals surface area contributed by atoms with Gasteiger partial charge < -0.3 is 25.8 Å². The van der Waals surface area contributed by atoms with Crippen LogP contribution in [0.4, 0.5) is 18.0 Å². The highest BCUT2D eigenvalue weighted by Crippen LogP contribution is 2.42. The number of nitrogens with one attached hydrogen (secondary N) is 3. The van der Waals surface area contributed by atoms with E-state index in [1.165, 1.54) is 36.0 Å². The number of halogens is 3. The van der Waals surface area contributed by atoms with E-state index >= 15 is 0 Å². The second kappa shape index (κ2) is 12.3. The number of urea groups is 1. The summed E-state index contributed by atoms with van der Waals surface area (Å²) in [5.74, 6) is -2.76. The maximum absolute atomic E-state index is 13.2. The first kappa shape index (κ1) is 31.0. The molecule has 3 amide bonds. The highest BCUT2D eigenvalue weighted by Gasteiger charge is 2.51. The molecule has 2 aromatic carbocycles. The van der Waals surface area contributed by atoms with E-state index in [0.717, 1.165) is 16.4 Å². The first-order valence-electron chi connectivity index (χ1n) is 11.7. The molecular formula is C24H27F3N4O7S2. The number of nitrogens with zero attached hydrogens (tertiary/aromatic N) is 1. The summed E-state index contributed by atoms with van der Waals surface area (Å²) in [5.41, 5.74) is 0.438. The van der Waals surface area contributed by atoms with Crippen LogP contribution in [0.1, 0.15) is 19.4 Å². The lowest BCUT2D eigenvalue weighted by Gasteiger charge is -2.30. The van der Waals surface area contributed by atoms with Crippen LogP contribution in [0.15, 0.2) is 59.5 Å². The van der Waals surface area contributed by atoms with Gasteiger partial charge >= 0.3 is 18.4 Å². The number of benzene rings is 2. The molecule has 1 heterocycles. The quantitative estimate of drug-likeness (QED) is 0.323. The number of carbonyl (C=O) groups is 3. The van der Waals surface area contributed by atoms with Crippen LogP contribution in [-0.4, -0.2) is 71.4 Å². The lowest BCUT2D eigenvalue weighted by Crippen LogP contribution is -2.58. The number of carbonyl (C=O) groups excluding carboxylic acids is 2. The Balaban J connectivity index is 1.60. The number of ether oxygens (including phenoxy) is 1. The van der Waals surface area contributed by atoms with Crippen molar-refractivity contribution in [1.82, 2.24) is 20.3 Å². The van der Waals surface area contributed by atoms with E-state index in [-0.39, 0.29) is 17.3 Å². The number of amides is 3. The lowest BCUT2D eigenvalue weighted by atomic mass is 10.0. The van der Waals surface area contributed by atoms with Crippen LogP contribution in [0.3, 0.4) is 0 Å². The molecule has 3 rings (SSSR count). The number of rotatable bonds is 10. The molecular weight excluding hydrogens is 577 g/mol. The first-order valence-corrected chi connectivity index (χ1v) is 14.1. The number of sulfonamides is 1. The Bertz CT molecular complexity index is 1320. The minimum atomic E-state index is -4.84. The average molecular weight is 605 g/mol. The molecule has 0 bridgehead atoms. The lowest BCUT2D eigenvalue weighted by molar-refractivity contribution is -0.274.